The summed E-state index contributed by atoms with van der Waals surface area (Å²) in [6.45, 7) is 5.96. The molecule has 2 saturated heterocycles. The van der Waals surface area contributed by atoms with E-state index in [9.17, 15) is 9.59 Å². The molecule has 0 aromatic heterocycles. The molecule has 1 atom stereocenters. The Balaban J connectivity index is 0.00000182. The third-order valence-electron chi connectivity index (χ3n) is 5.06. The topological polar surface area (TPSA) is 64.7 Å². The maximum Gasteiger partial charge on any atom is 0.242 e. The highest BCUT2D eigenvalue weighted by Gasteiger charge is 2.24. The van der Waals surface area contributed by atoms with Crippen LogP contribution in [0.3, 0.4) is 0 Å². The second-order valence-corrected chi connectivity index (χ2v) is 6.90. The summed E-state index contributed by atoms with van der Waals surface area (Å²) in [6.07, 6.45) is 1.93. The molecule has 2 fully saturated rings. The fourth-order valence-corrected chi connectivity index (χ4v) is 3.49. The van der Waals surface area contributed by atoms with Crippen molar-refractivity contribution in [3.63, 3.8) is 0 Å². The van der Waals surface area contributed by atoms with Gasteiger partial charge in [-0.3, -0.25) is 14.5 Å². The lowest BCUT2D eigenvalue weighted by Crippen LogP contribution is -2.51. The van der Waals surface area contributed by atoms with Gasteiger partial charge in [0.15, 0.2) is 0 Å². The van der Waals surface area contributed by atoms with Gasteiger partial charge in [0.1, 0.15) is 0 Å². The molecule has 0 radical (unpaired) electrons. The van der Waals surface area contributed by atoms with Crippen LogP contribution in [0, 0.1) is 5.92 Å². The van der Waals surface area contributed by atoms with E-state index in [4.69, 9.17) is 0 Å². The van der Waals surface area contributed by atoms with Gasteiger partial charge in [0.2, 0.25) is 11.8 Å². The molecule has 0 saturated carbocycles. The number of carbonyl (C=O) groups is 2. The molecule has 2 aliphatic rings. The summed E-state index contributed by atoms with van der Waals surface area (Å²) in [4.78, 5) is 28.7. The predicted molar refractivity (Wildman–Crippen MR) is 111 cm³/mol. The second-order valence-electron chi connectivity index (χ2n) is 6.90. The number of rotatable bonds is 5. The van der Waals surface area contributed by atoms with E-state index in [1.807, 2.05) is 11.0 Å². The quantitative estimate of drug-likeness (QED) is 0.758. The number of halogens is 2. The van der Waals surface area contributed by atoms with Gasteiger partial charge in [0.05, 0.1) is 12.5 Å². The second kappa shape index (κ2) is 12.2. The zero-order valence-electron chi connectivity index (χ0n) is 15.6. The molecular weight excluding hydrogens is 387 g/mol. The van der Waals surface area contributed by atoms with Crippen LogP contribution in [-0.4, -0.2) is 67.4 Å². The molecule has 2 aliphatic heterocycles. The molecule has 6 nitrogen and oxygen atoms in total. The number of hydrogen-bond donors (Lipinski definition) is 2. The van der Waals surface area contributed by atoms with Gasteiger partial charge in [0, 0.05) is 39.3 Å². The van der Waals surface area contributed by atoms with E-state index in [2.05, 4.69) is 39.8 Å². The van der Waals surface area contributed by atoms with E-state index in [-0.39, 0.29) is 49.1 Å². The number of hydrogen-bond acceptors (Lipinski definition) is 4. The predicted octanol–water partition coefficient (Wildman–Crippen LogP) is 1.29. The molecule has 3 rings (SSSR count). The zero-order chi connectivity index (χ0) is 17.5. The lowest BCUT2D eigenvalue weighted by Gasteiger charge is -2.35. The van der Waals surface area contributed by atoms with Crippen LogP contribution in [0.25, 0.3) is 0 Å². The van der Waals surface area contributed by atoms with E-state index >= 15 is 0 Å². The number of piperidine rings is 1. The van der Waals surface area contributed by atoms with Gasteiger partial charge in [0.25, 0.3) is 0 Å². The minimum Gasteiger partial charge on any atom is -0.347 e. The van der Waals surface area contributed by atoms with Crippen LogP contribution in [-0.2, 0) is 16.1 Å². The smallest absolute Gasteiger partial charge is 0.242 e. The highest BCUT2D eigenvalue weighted by Crippen LogP contribution is 2.10. The maximum absolute atomic E-state index is 12.3. The molecule has 1 aromatic rings. The van der Waals surface area contributed by atoms with Crippen LogP contribution in [0.4, 0.5) is 0 Å². The summed E-state index contributed by atoms with van der Waals surface area (Å²) in [5, 5.41) is 6.05. The first kappa shape index (κ1) is 23.7. The summed E-state index contributed by atoms with van der Waals surface area (Å²) in [5.41, 5.74) is 1.30. The lowest BCUT2D eigenvalue weighted by molar-refractivity contribution is -0.135. The first-order valence-electron chi connectivity index (χ1n) is 9.25. The largest absolute Gasteiger partial charge is 0.347 e. The zero-order valence-corrected chi connectivity index (χ0v) is 17.2. The normalized spacial score (nSPS) is 20.1. The van der Waals surface area contributed by atoms with E-state index in [1.54, 1.807) is 0 Å². The molecule has 0 spiro atoms. The fraction of sp³-hybridized carbons (Fsp3) is 0.579. The van der Waals surface area contributed by atoms with Gasteiger partial charge >= 0.3 is 0 Å². The fourth-order valence-electron chi connectivity index (χ4n) is 3.49. The number of piperazine rings is 1. The van der Waals surface area contributed by atoms with Gasteiger partial charge < -0.3 is 15.5 Å². The Hall–Kier alpha value is -1.34. The Kier molecular flexibility index (Phi) is 10.7. The van der Waals surface area contributed by atoms with Crippen LogP contribution in [0.1, 0.15) is 18.4 Å². The Morgan fingerprint density at radius 3 is 2.41 bits per heavy atom. The van der Waals surface area contributed by atoms with Crippen molar-refractivity contribution in [3.05, 3.63) is 35.9 Å². The molecule has 2 amide bonds. The Bertz CT molecular complexity index is 574. The molecule has 152 valence electrons. The monoisotopic (exact) mass is 416 g/mol. The minimum atomic E-state index is 0. The summed E-state index contributed by atoms with van der Waals surface area (Å²) < 4.78 is 0. The maximum atomic E-state index is 12.3. The van der Waals surface area contributed by atoms with Gasteiger partial charge in [-0.2, -0.15) is 0 Å². The van der Waals surface area contributed by atoms with Gasteiger partial charge in [-0.05, 0) is 24.9 Å². The van der Waals surface area contributed by atoms with Crippen molar-refractivity contribution < 1.29 is 9.59 Å². The Morgan fingerprint density at radius 1 is 1.07 bits per heavy atom. The van der Waals surface area contributed by atoms with E-state index in [0.29, 0.717) is 0 Å². The number of benzene rings is 1. The number of amides is 2. The summed E-state index contributed by atoms with van der Waals surface area (Å²) in [5.74, 6) is 0.0315. The number of nitrogens with zero attached hydrogens (tertiary/aromatic N) is 2. The lowest BCUT2D eigenvalue weighted by atomic mass is 9.99. The van der Waals surface area contributed by atoms with Crippen molar-refractivity contribution in [1.82, 2.24) is 20.4 Å². The Morgan fingerprint density at radius 2 is 1.78 bits per heavy atom. The van der Waals surface area contributed by atoms with Crippen LogP contribution in [0.15, 0.2) is 30.3 Å². The first-order chi connectivity index (χ1) is 12.2. The molecule has 2 N–H and O–H groups in total. The average Bonchev–Trinajstić information content (AvgIpc) is 2.68. The van der Waals surface area contributed by atoms with Crippen molar-refractivity contribution in [3.8, 4) is 0 Å². The molecule has 1 unspecified atom stereocenters. The van der Waals surface area contributed by atoms with Crippen LogP contribution in [0.5, 0.6) is 0 Å². The molecule has 0 aliphatic carbocycles. The van der Waals surface area contributed by atoms with Crippen molar-refractivity contribution >= 4 is 36.6 Å². The molecule has 1 aromatic carbocycles. The Labute approximate surface area is 173 Å². The van der Waals surface area contributed by atoms with Gasteiger partial charge in [-0.15, -0.1) is 24.8 Å². The van der Waals surface area contributed by atoms with Crippen LogP contribution >= 0.6 is 24.8 Å². The summed E-state index contributed by atoms with van der Waals surface area (Å²) in [6, 6.07) is 10.4. The summed E-state index contributed by atoms with van der Waals surface area (Å²) >= 11 is 0. The minimum absolute atomic E-state index is 0. The van der Waals surface area contributed by atoms with Crippen molar-refractivity contribution in [1.29, 1.82) is 0 Å². The van der Waals surface area contributed by atoms with E-state index in [1.165, 1.54) is 5.56 Å². The van der Waals surface area contributed by atoms with Gasteiger partial charge in [-0.25, -0.2) is 0 Å². The first-order valence-corrected chi connectivity index (χ1v) is 9.25. The van der Waals surface area contributed by atoms with E-state index in [0.717, 1.165) is 58.7 Å². The third kappa shape index (κ3) is 7.30. The molecule has 8 heteroatoms. The van der Waals surface area contributed by atoms with Crippen molar-refractivity contribution in [2.24, 2.45) is 5.92 Å². The SMILES string of the molecule is Cl.Cl.O=C(NCC(=O)N1CCN(Cc2ccccc2)CC1)C1CCCNC1. The van der Waals surface area contributed by atoms with Crippen molar-refractivity contribution in [2.45, 2.75) is 19.4 Å². The third-order valence-corrected chi connectivity index (χ3v) is 5.06. The average molecular weight is 417 g/mol. The molecule has 2 heterocycles. The molecule has 0 bridgehead atoms. The number of nitrogens with one attached hydrogen (secondary N) is 2. The van der Waals surface area contributed by atoms with E-state index < -0.39 is 0 Å². The van der Waals surface area contributed by atoms with Crippen LogP contribution < -0.4 is 10.6 Å². The summed E-state index contributed by atoms with van der Waals surface area (Å²) in [7, 11) is 0. The molecule has 27 heavy (non-hydrogen) atoms. The standard InChI is InChI=1S/C19H28N4O2.2ClH/c24-18(14-21-19(25)17-7-4-8-20-13-17)23-11-9-22(10-12-23)15-16-5-2-1-3-6-16;;/h1-3,5-6,17,20H,4,7-15H2,(H,21,25);2*1H. The van der Waals surface area contributed by atoms with Crippen LogP contribution in [0.2, 0.25) is 0 Å². The van der Waals surface area contributed by atoms with Crippen molar-refractivity contribution in [2.75, 3.05) is 45.8 Å². The molecular formula is C19H30Cl2N4O2. The van der Waals surface area contributed by atoms with Gasteiger partial charge in [-0.1, -0.05) is 30.3 Å². The highest BCUT2D eigenvalue weighted by atomic mass is 35.5. The highest BCUT2D eigenvalue weighted by molar-refractivity contribution is 5.86. The number of carbonyl (C=O) groups excluding carboxylic acids is 2.